The summed E-state index contributed by atoms with van der Waals surface area (Å²) in [5.41, 5.74) is 0.557. The molecule has 0 radical (unpaired) electrons. The van der Waals surface area contributed by atoms with Crippen molar-refractivity contribution in [2.75, 3.05) is 13.2 Å². The number of rotatable bonds is 5. The fourth-order valence-electron chi connectivity index (χ4n) is 3.10. The van der Waals surface area contributed by atoms with Gasteiger partial charge in [-0.05, 0) is 37.8 Å². The summed E-state index contributed by atoms with van der Waals surface area (Å²) in [7, 11) is 0. The van der Waals surface area contributed by atoms with Gasteiger partial charge >= 0.3 is 5.97 Å². The highest BCUT2D eigenvalue weighted by Gasteiger charge is 2.37. The number of hydrogen-bond acceptors (Lipinski definition) is 5. The Morgan fingerprint density at radius 2 is 1.68 bits per heavy atom. The number of benzene rings is 1. The summed E-state index contributed by atoms with van der Waals surface area (Å²) in [4.78, 5) is 11.9. The van der Waals surface area contributed by atoms with Gasteiger partial charge in [0.15, 0.2) is 0 Å². The van der Waals surface area contributed by atoms with Gasteiger partial charge in [0.1, 0.15) is 6.61 Å². The van der Waals surface area contributed by atoms with E-state index in [1.165, 1.54) is 0 Å². The zero-order valence-electron chi connectivity index (χ0n) is 12.5. The van der Waals surface area contributed by atoms with E-state index in [-0.39, 0.29) is 43.6 Å². The van der Waals surface area contributed by atoms with E-state index in [9.17, 15) is 4.79 Å². The maximum Gasteiger partial charge on any atom is 0.338 e. The van der Waals surface area contributed by atoms with Crippen molar-refractivity contribution in [3.63, 3.8) is 0 Å². The van der Waals surface area contributed by atoms with Gasteiger partial charge in [0.2, 0.25) is 0 Å². The minimum atomic E-state index is -0.315. The Morgan fingerprint density at radius 1 is 1.05 bits per heavy atom. The molecule has 5 heteroatoms. The molecule has 1 N–H and O–H groups in total. The van der Waals surface area contributed by atoms with Crippen LogP contribution in [0.4, 0.5) is 0 Å². The third-order valence-corrected chi connectivity index (χ3v) is 4.31. The van der Waals surface area contributed by atoms with E-state index in [0.717, 1.165) is 25.7 Å². The third kappa shape index (κ3) is 3.66. The van der Waals surface area contributed by atoms with Gasteiger partial charge in [-0.2, -0.15) is 0 Å². The average molecular weight is 306 g/mol. The van der Waals surface area contributed by atoms with Gasteiger partial charge in [-0.3, -0.25) is 0 Å². The zero-order valence-corrected chi connectivity index (χ0v) is 12.5. The van der Waals surface area contributed by atoms with Crippen molar-refractivity contribution < 1.29 is 24.1 Å². The Labute approximate surface area is 130 Å². The van der Waals surface area contributed by atoms with Crippen LogP contribution in [-0.4, -0.2) is 48.7 Å². The number of carbonyl (C=O) groups excluding carboxylic acids is 1. The first-order valence-corrected chi connectivity index (χ1v) is 7.90. The van der Waals surface area contributed by atoms with E-state index in [1.807, 2.05) is 18.2 Å². The van der Waals surface area contributed by atoms with Gasteiger partial charge in [0, 0.05) is 0 Å². The standard InChI is InChI=1S/C17H22O5/c18-10-13-6-8-15(21-13)16-9-7-14(22-16)11-20-17(19)12-4-2-1-3-5-12/h1-5,13-16,18H,6-11H2/t13-,14-,15-,16-/m1/s1. The maximum absolute atomic E-state index is 11.9. The minimum absolute atomic E-state index is 0.0523. The molecule has 0 spiro atoms. The van der Waals surface area contributed by atoms with E-state index in [4.69, 9.17) is 19.3 Å². The summed E-state index contributed by atoms with van der Waals surface area (Å²) in [5.74, 6) is -0.315. The van der Waals surface area contributed by atoms with E-state index in [0.29, 0.717) is 5.56 Å². The Bertz CT molecular complexity index is 489. The molecule has 120 valence electrons. The quantitative estimate of drug-likeness (QED) is 0.842. The Morgan fingerprint density at radius 3 is 2.32 bits per heavy atom. The minimum Gasteiger partial charge on any atom is -0.459 e. The van der Waals surface area contributed by atoms with Crippen LogP contribution in [0.15, 0.2) is 30.3 Å². The average Bonchev–Trinajstić information content (AvgIpc) is 3.22. The summed E-state index contributed by atoms with van der Waals surface area (Å²) >= 11 is 0. The Balaban J connectivity index is 1.43. The van der Waals surface area contributed by atoms with E-state index in [1.54, 1.807) is 12.1 Å². The molecule has 22 heavy (non-hydrogen) atoms. The molecule has 1 aromatic rings. The molecule has 5 nitrogen and oxygen atoms in total. The monoisotopic (exact) mass is 306 g/mol. The highest BCUT2D eigenvalue weighted by molar-refractivity contribution is 5.89. The summed E-state index contributed by atoms with van der Waals surface area (Å²) in [5, 5.41) is 9.11. The van der Waals surface area contributed by atoms with Gasteiger partial charge < -0.3 is 19.3 Å². The SMILES string of the molecule is O=C(OC[C@H]1CC[C@H]([C@H]2CC[C@H](CO)O2)O1)c1ccccc1. The lowest BCUT2D eigenvalue weighted by molar-refractivity contribution is -0.0830. The normalized spacial score (nSPS) is 31.3. The van der Waals surface area contributed by atoms with Crippen LogP contribution in [0, 0.1) is 0 Å². The van der Waals surface area contributed by atoms with E-state index < -0.39 is 0 Å². The lowest BCUT2D eigenvalue weighted by Crippen LogP contribution is -2.29. The zero-order chi connectivity index (χ0) is 15.4. The summed E-state index contributed by atoms with van der Waals surface area (Å²) in [6.45, 7) is 0.349. The molecule has 2 saturated heterocycles. The van der Waals surface area contributed by atoms with Crippen LogP contribution in [-0.2, 0) is 14.2 Å². The molecule has 0 saturated carbocycles. The first-order valence-electron chi connectivity index (χ1n) is 7.90. The molecule has 2 fully saturated rings. The topological polar surface area (TPSA) is 65.0 Å². The molecule has 0 aliphatic carbocycles. The lowest BCUT2D eigenvalue weighted by atomic mass is 10.1. The summed E-state index contributed by atoms with van der Waals surface area (Å²) < 4.78 is 17.0. The second-order valence-corrected chi connectivity index (χ2v) is 5.89. The van der Waals surface area contributed by atoms with Crippen LogP contribution in [0.1, 0.15) is 36.0 Å². The molecule has 0 bridgehead atoms. The molecular formula is C17H22O5. The summed E-state index contributed by atoms with van der Waals surface area (Å²) in [6, 6.07) is 8.97. The first-order chi connectivity index (χ1) is 10.8. The van der Waals surface area contributed by atoms with Crippen molar-refractivity contribution in [1.82, 2.24) is 0 Å². The smallest absolute Gasteiger partial charge is 0.338 e. The largest absolute Gasteiger partial charge is 0.459 e. The molecule has 3 rings (SSSR count). The molecule has 0 amide bonds. The number of aliphatic hydroxyl groups is 1. The molecule has 4 atom stereocenters. The van der Waals surface area contributed by atoms with Gasteiger partial charge in [-0.1, -0.05) is 18.2 Å². The van der Waals surface area contributed by atoms with Gasteiger partial charge in [0.25, 0.3) is 0 Å². The third-order valence-electron chi connectivity index (χ3n) is 4.31. The molecule has 0 unspecified atom stereocenters. The van der Waals surface area contributed by atoms with Crippen molar-refractivity contribution in [2.45, 2.75) is 50.1 Å². The van der Waals surface area contributed by atoms with Crippen molar-refractivity contribution in [3.05, 3.63) is 35.9 Å². The van der Waals surface area contributed by atoms with Crippen LogP contribution < -0.4 is 0 Å². The second-order valence-electron chi connectivity index (χ2n) is 5.89. The van der Waals surface area contributed by atoms with Crippen LogP contribution in [0.2, 0.25) is 0 Å². The Hall–Kier alpha value is -1.43. The number of hydrogen-bond donors (Lipinski definition) is 1. The summed E-state index contributed by atoms with van der Waals surface area (Å²) in [6.07, 6.45) is 3.59. The molecule has 2 aliphatic rings. The Kier molecular flexibility index (Phi) is 5.08. The van der Waals surface area contributed by atoms with Crippen molar-refractivity contribution in [3.8, 4) is 0 Å². The van der Waals surface area contributed by atoms with Gasteiger partial charge in [0.05, 0.1) is 36.6 Å². The number of ether oxygens (including phenoxy) is 3. The number of esters is 1. The molecule has 0 aromatic heterocycles. The first kappa shape index (κ1) is 15.5. The molecule has 2 heterocycles. The van der Waals surface area contributed by atoms with E-state index in [2.05, 4.69) is 0 Å². The van der Waals surface area contributed by atoms with Crippen LogP contribution in [0.3, 0.4) is 0 Å². The fourth-order valence-corrected chi connectivity index (χ4v) is 3.10. The molecular weight excluding hydrogens is 284 g/mol. The highest BCUT2D eigenvalue weighted by atomic mass is 16.6. The van der Waals surface area contributed by atoms with Crippen LogP contribution in [0.25, 0.3) is 0 Å². The van der Waals surface area contributed by atoms with Gasteiger partial charge in [-0.15, -0.1) is 0 Å². The van der Waals surface area contributed by atoms with E-state index >= 15 is 0 Å². The van der Waals surface area contributed by atoms with Crippen molar-refractivity contribution in [2.24, 2.45) is 0 Å². The maximum atomic E-state index is 11.9. The number of aliphatic hydroxyl groups excluding tert-OH is 1. The number of carbonyl (C=O) groups is 1. The molecule has 1 aromatic carbocycles. The highest BCUT2D eigenvalue weighted by Crippen LogP contribution is 2.31. The predicted molar refractivity (Wildman–Crippen MR) is 79.6 cm³/mol. The van der Waals surface area contributed by atoms with Crippen molar-refractivity contribution in [1.29, 1.82) is 0 Å². The fraction of sp³-hybridized carbons (Fsp3) is 0.588. The predicted octanol–water partition coefficient (Wildman–Crippen LogP) is 1.93. The van der Waals surface area contributed by atoms with Crippen LogP contribution >= 0.6 is 0 Å². The van der Waals surface area contributed by atoms with Gasteiger partial charge in [-0.25, -0.2) is 4.79 Å². The lowest BCUT2D eigenvalue weighted by Gasteiger charge is -2.20. The van der Waals surface area contributed by atoms with Crippen molar-refractivity contribution >= 4 is 5.97 Å². The molecule has 2 aliphatic heterocycles. The van der Waals surface area contributed by atoms with Crippen LogP contribution in [0.5, 0.6) is 0 Å². The second kappa shape index (κ2) is 7.22.